The zero-order valence-electron chi connectivity index (χ0n) is 14.7. The van der Waals surface area contributed by atoms with E-state index >= 15 is 0 Å². The molecule has 138 valence electrons. The second-order valence-electron chi connectivity index (χ2n) is 8.50. The summed E-state index contributed by atoms with van der Waals surface area (Å²) in [5.41, 5.74) is 0.269. The predicted octanol–water partition coefficient (Wildman–Crippen LogP) is 2.87. The number of urea groups is 1. The minimum absolute atomic E-state index is 0.0809. The third kappa shape index (κ3) is 2.31. The van der Waals surface area contributed by atoms with E-state index in [4.69, 9.17) is 4.74 Å². The molecular formula is C20H24N2O4. The minimum atomic E-state index is -0.635. The highest BCUT2D eigenvalue weighted by Gasteiger charge is 2.59. The molecule has 4 bridgehead atoms. The monoisotopic (exact) mass is 356 g/mol. The molecule has 6 rings (SSSR count). The molecule has 1 aliphatic heterocycles. The van der Waals surface area contributed by atoms with Gasteiger partial charge in [0.2, 0.25) is 0 Å². The molecule has 2 atom stereocenters. The second kappa shape index (κ2) is 5.63. The normalized spacial score (nSPS) is 37.0. The number of benzene rings is 1. The number of fused-ring (bicyclic) bond motifs is 1. The highest BCUT2D eigenvalue weighted by molar-refractivity contribution is 5.94. The van der Waals surface area contributed by atoms with Gasteiger partial charge in [-0.25, -0.2) is 4.79 Å². The van der Waals surface area contributed by atoms with Gasteiger partial charge in [0, 0.05) is 6.04 Å². The average molecular weight is 356 g/mol. The molecule has 2 unspecified atom stereocenters. The van der Waals surface area contributed by atoms with Gasteiger partial charge in [-0.15, -0.1) is 0 Å². The molecule has 0 aromatic heterocycles. The van der Waals surface area contributed by atoms with Crippen molar-refractivity contribution in [1.82, 2.24) is 5.32 Å². The van der Waals surface area contributed by atoms with E-state index in [1.807, 2.05) is 24.3 Å². The number of hydrogen-bond donors (Lipinski definition) is 2. The summed E-state index contributed by atoms with van der Waals surface area (Å²) in [5, 5.41) is 13.0. The lowest BCUT2D eigenvalue weighted by Crippen LogP contribution is -2.62. The van der Waals surface area contributed by atoms with Crippen LogP contribution in [-0.2, 0) is 4.79 Å². The largest absolute Gasteiger partial charge is 0.490 e. The van der Waals surface area contributed by atoms with Crippen molar-refractivity contribution in [2.24, 2.45) is 23.2 Å². The van der Waals surface area contributed by atoms with Crippen LogP contribution in [0.5, 0.6) is 5.75 Å². The number of carboxylic acids is 1. The molecular weight excluding hydrogens is 332 g/mol. The number of para-hydroxylation sites is 2. The molecule has 0 saturated heterocycles. The van der Waals surface area contributed by atoms with E-state index in [0.717, 1.165) is 30.7 Å². The molecule has 1 aromatic rings. The summed E-state index contributed by atoms with van der Waals surface area (Å²) in [5.74, 6) is 1.20. The highest BCUT2D eigenvalue weighted by Crippen LogP contribution is 2.60. The van der Waals surface area contributed by atoms with Gasteiger partial charge in [-0.1, -0.05) is 12.1 Å². The number of hydrogen-bond acceptors (Lipinski definition) is 3. The van der Waals surface area contributed by atoms with Crippen LogP contribution in [0.1, 0.15) is 32.1 Å². The minimum Gasteiger partial charge on any atom is -0.490 e. The fourth-order valence-electron chi connectivity index (χ4n) is 6.12. The van der Waals surface area contributed by atoms with Gasteiger partial charge < -0.3 is 15.2 Å². The van der Waals surface area contributed by atoms with Crippen molar-refractivity contribution in [1.29, 1.82) is 0 Å². The fraction of sp³-hybridized carbons (Fsp3) is 0.600. The Hall–Kier alpha value is -2.24. The maximum Gasteiger partial charge on any atom is 0.322 e. The van der Waals surface area contributed by atoms with Gasteiger partial charge in [-0.2, -0.15) is 0 Å². The summed E-state index contributed by atoms with van der Waals surface area (Å²) in [6.07, 6.45) is 4.35. The van der Waals surface area contributed by atoms with Crippen LogP contribution < -0.4 is 15.0 Å². The molecule has 4 aliphatic carbocycles. The summed E-state index contributed by atoms with van der Waals surface area (Å²) < 4.78 is 5.64. The van der Waals surface area contributed by atoms with Crippen LogP contribution in [0, 0.1) is 23.2 Å². The van der Waals surface area contributed by atoms with Crippen molar-refractivity contribution in [3.63, 3.8) is 0 Å². The van der Waals surface area contributed by atoms with Crippen LogP contribution in [0.3, 0.4) is 0 Å². The lowest BCUT2D eigenvalue weighted by molar-refractivity contribution is -0.166. The van der Waals surface area contributed by atoms with Crippen LogP contribution in [0.4, 0.5) is 10.5 Å². The first-order valence-corrected chi connectivity index (χ1v) is 9.59. The summed E-state index contributed by atoms with van der Waals surface area (Å²) >= 11 is 0. The number of nitrogens with zero attached hydrogens (tertiary/aromatic N) is 1. The lowest BCUT2D eigenvalue weighted by Gasteiger charge is -2.58. The van der Waals surface area contributed by atoms with E-state index in [1.54, 1.807) is 4.90 Å². The Labute approximate surface area is 152 Å². The Balaban J connectivity index is 1.35. The maximum atomic E-state index is 13.0. The Morgan fingerprint density at radius 3 is 2.62 bits per heavy atom. The first kappa shape index (κ1) is 16.0. The number of amides is 2. The number of aliphatic carboxylic acids is 1. The van der Waals surface area contributed by atoms with Crippen molar-refractivity contribution in [2.45, 2.75) is 38.1 Å². The molecule has 0 radical (unpaired) electrons. The average Bonchev–Trinajstić information content (AvgIpc) is 2.63. The topological polar surface area (TPSA) is 78.9 Å². The Bertz CT molecular complexity index is 748. The van der Waals surface area contributed by atoms with E-state index in [0.29, 0.717) is 31.9 Å². The molecule has 2 amide bonds. The van der Waals surface area contributed by atoms with Crippen LogP contribution in [-0.4, -0.2) is 36.3 Å². The number of carbonyl (C=O) groups excluding carboxylic acids is 1. The van der Waals surface area contributed by atoms with E-state index in [2.05, 4.69) is 5.32 Å². The van der Waals surface area contributed by atoms with Crippen molar-refractivity contribution in [3.8, 4) is 5.75 Å². The summed E-state index contributed by atoms with van der Waals surface area (Å²) in [4.78, 5) is 26.6. The number of carboxylic acid groups (broad SMARTS) is 1. The Morgan fingerprint density at radius 1 is 1.15 bits per heavy atom. The molecule has 2 N–H and O–H groups in total. The number of ether oxygens (including phenoxy) is 1. The third-order valence-electron chi connectivity index (χ3n) is 6.99. The van der Waals surface area contributed by atoms with Crippen molar-refractivity contribution in [2.75, 3.05) is 18.1 Å². The second-order valence-corrected chi connectivity index (χ2v) is 8.50. The maximum absolute atomic E-state index is 13.0. The van der Waals surface area contributed by atoms with Gasteiger partial charge in [0.1, 0.15) is 12.4 Å². The number of carbonyl (C=O) groups is 2. The van der Waals surface area contributed by atoms with E-state index in [9.17, 15) is 14.7 Å². The van der Waals surface area contributed by atoms with Crippen molar-refractivity contribution < 1.29 is 19.4 Å². The third-order valence-corrected chi connectivity index (χ3v) is 6.99. The zero-order chi connectivity index (χ0) is 17.9. The van der Waals surface area contributed by atoms with Crippen LogP contribution in [0.2, 0.25) is 0 Å². The molecule has 6 heteroatoms. The molecule has 1 aromatic carbocycles. The zero-order valence-corrected chi connectivity index (χ0v) is 14.7. The van der Waals surface area contributed by atoms with E-state index < -0.39 is 11.4 Å². The van der Waals surface area contributed by atoms with E-state index in [-0.39, 0.29) is 23.9 Å². The quantitative estimate of drug-likeness (QED) is 0.854. The van der Waals surface area contributed by atoms with Crippen molar-refractivity contribution in [3.05, 3.63) is 24.3 Å². The van der Waals surface area contributed by atoms with Gasteiger partial charge in [0.25, 0.3) is 0 Å². The SMILES string of the molecule is O=C(NC1C2CC3CC1CC(C(=O)O)(C3)C2)N1CCOc2ccccc21. The van der Waals surface area contributed by atoms with Crippen LogP contribution in [0.15, 0.2) is 24.3 Å². The van der Waals surface area contributed by atoms with E-state index in [1.165, 1.54) is 0 Å². The number of rotatable bonds is 2. The van der Waals surface area contributed by atoms with Crippen LogP contribution >= 0.6 is 0 Å². The highest BCUT2D eigenvalue weighted by atomic mass is 16.5. The number of nitrogens with one attached hydrogen (secondary N) is 1. The lowest BCUT2D eigenvalue weighted by atomic mass is 9.48. The van der Waals surface area contributed by atoms with Gasteiger partial charge in [-0.05, 0) is 62.0 Å². The molecule has 1 heterocycles. The molecule has 0 spiro atoms. The fourth-order valence-corrected chi connectivity index (χ4v) is 6.12. The predicted molar refractivity (Wildman–Crippen MR) is 95.2 cm³/mol. The molecule has 6 nitrogen and oxygen atoms in total. The van der Waals surface area contributed by atoms with Crippen molar-refractivity contribution >= 4 is 17.7 Å². The Morgan fingerprint density at radius 2 is 1.88 bits per heavy atom. The summed E-state index contributed by atoms with van der Waals surface area (Å²) in [7, 11) is 0. The number of anilines is 1. The molecule has 4 fully saturated rings. The smallest absolute Gasteiger partial charge is 0.322 e. The summed E-state index contributed by atoms with van der Waals surface area (Å²) in [6.45, 7) is 1.03. The first-order chi connectivity index (χ1) is 12.6. The van der Waals surface area contributed by atoms with Crippen LogP contribution in [0.25, 0.3) is 0 Å². The standard InChI is InChI=1S/C20H24N2O4/c23-18(24)20-9-12-7-13(10-20)17(14(8-12)11-20)21-19(25)22-5-6-26-16-4-2-1-3-15(16)22/h1-4,12-14,17H,5-11H2,(H,21,25)(H,23,24). The van der Waals surface area contributed by atoms with Gasteiger partial charge >= 0.3 is 12.0 Å². The molecule has 26 heavy (non-hydrogen) atoms. The van der Waals surface area contributed by atoms with Gasteiger partial charge in [0.15, 0.2) is 0 Å². The van der Waals surface area contributed by atoms with Gasteiger partial charge in [-0.3, -0.25) is 9.69 Å². The molecule has 5 aliphatic rings. The Kier molecular flexibility index (Phi) is 3.46. The summed E-state index contributed by atoms with van der Waals surface area (Å²) in [6, 6.07) is 7.62. The van der Waals surface area contributed by atoms with Gasteiger partial charge in [0.05, 0.1) is 17.6 Å². The first-order valence-electron chi connectivity index (χ1n) is 9.59. The molecule has 4 saturated carbocycles.